The zero-order valence-corrected chi connectivity index (χ0v) is 12.5. The molecule has 3 rings (SSSR count). The number of carbonyl (C=O) groups is 1. The van der Waals surface area contributed by atoms with E-state index < -0.39 is 0 Å². The molecular weight excluding hydrogens is 274 g/mol. The van der Waals surface area contributed by atoms with Crippen molar-refractivity contribution in [2.24, 2.45) is 5.41 Å². The van der Waals surface area contributed by atoms with Gasteiger partial charge in [-0.1, -0.05) is 17.7 Å². The Hall–Kier alpha value is -1.26. The second-order valence-corrected chi connectivity index (χ2v) is 6.40. The molecule has 2 saturated heterocycles. The number of halogens is 1. The Morgan fingerprint density at radius 3 is 3.00 bits per heavy atom. The third-order valence-electron chi connectivity index (χ3n) is 4.48. The zero-order valence-electron chi connectivity index (χ0n) is 11.7. The Kier molecular flexibility index (Phi) is 3.61. The molecule has 2 amide bonds. The molecule has 108 valence electrons. The molecule has 4 nitrogen and oxygen atoms in total. The highest BCUT2D eigenvalue weighted by molar-refractivity contribution is 6.31. The van der Waals surface area contributed by atoms with Gasteiger partial charge in [-0.25, -0.2) is 4.79 Å². The number of nitrogens with zero attached hydrogens (tertiary/aromatic N) is 1. The number of hydrogen-bond acceptors (Lipinski definition) is 2. The van der Waals surface area contributed by atoms with E-state index in [0.717, 1.165) is 43.9 Å². The van der Waals surface area contributed by atoms with Crippen LogP contribution in [0.4, 0.5) is 10.5 Å². The first-order chi connectivity index (χ1) is 9.58. The predicted octanol–water partition coefficient (Wildman–Crippen LogP) is 2.87. The van der Waals surface area contributed by atoms with E-state index >= 15 is 0 Å². The number of aryl methyl sites for hydroxylation is 1. The summed E-state index contributed by atoms with van der Waals surface area (Å²) in [7, 11) is 0. The lowest BCUT2D eigenvalue weighted by Gasteiger charge is -2.23. The van der Waals surface area contributed by atoms with E-state index in [4.69, 9.17) is 11.6 Å². The fourth-order valence-corrected chi connectivity index (χ4v) is 3.31. The van der Waals surface area contributed by atoms with E-state index in [9.17, 15) is 4.79 Å². The minimum absolute atomic E-state index is 0.0197. The van der Waals surface area contributed by atoms with Crippen molar-refractivity contribution in [1.29, 1.82) is 0 Å². The molecule has 0 saturated carbocycles. The van der Waals surface area contributed by atoms with Crippen LogP contribution in [0.5, 0.6) is 0 Å². The molecule has 0 bridgehead atoms. The van der Waals surface area contributed by atoms with Gasteiger partial charge in [0.05, 0.1) is 0 Å². The molecule has 20 heavy (non-hydrogen) atoms. The average molecular weight is 294 g/mol. The number of anilines is 1. The largest absolute Gasteiger partial charge is 0.324 e. The maximum Gasteiger partial charge on any atom is 0.321 e. The Labute approximate surface area is 124 Å². The molecule has 1 aromatic rings. The van der Waals surface area contributed by atoms with Gasteiger partial charge in [0.2, 0.25) is 0 Å². The standard InChI is InChI=1S/C15H20ClN3O/c1-11-2-3-12(8-13(11)16)18-14(20)19-7-5-15(10-19)4-6-17-9-15/h2-3,8,17H,4-7,9-10H2,1H3,(H,18,20). The molecule has 1 aromatic carbocycles. The van der Waals surface area contributed by atoms with Crippen molar-refractivity contribution in [1.82, 2.24) is 10.2 Å². The highest BCUT2D eigenvalue weighted by Crippen LogP contribution is 2.36. The summed E-state index contributed by atoms with van der Waals surface area (Å²) in [6, 6.07) is 5.60. The van der Waals surface area contributed by atoms with E-state index in [1.807, 2.05) is 24.0 Å². The number of likely N-dealkylation sites (tertiary alicyclic amines) is 1. The minimum Gasteiger partial charge on any atom is -0.324 e. The Balaban J connectivity index is 1.63. The van der Waals surface area contributed by atoms with Crippen molar-refractivity contribution in [3.05, 3.63) is 28.8 Å². The lowest BCUT2D eigenvalue weighted by Crippen LogP contribution is -2.36. The topological polar surface area (TPSA) is 44.4 Å². The van der Waals surface area contributed by atoms with E-state index in [0.29, 0.717) is 10.4 Å². The Morgan fingerprint density at radius 1 is 1.45 bits per heavy atom. The van der Waals surface area contributed by atoms with Crippen LogP contribution in [0.15, 0.2) is 18.2 Å². The van der Waals surface area contributed by atoms with E-state index in [1.165, 1.54) is 6.42 Å². The molecule has 1 spiro atoms. The summed E-state index contributed by atoms with van der Waals surface area (Å²) >= 11 is 6.08. The number of hydrogen-bond donors (Lipinski definition) is 2. The molecule has 1 unspecified atom stereocenters. The SMILES string of the molecule is Cc1ccc(NC(=O)N2CCC3(CCNC3)C2)cc1Cl. The zero-order chi connectivity index (χ0) is 14.2. The van der Waals surface area contributed by atoms with Gasteiger partial charge in [-0.15, -0.1) is 0 Å². The van der Waals surface area contributed by atoms with Crippen LogP contribution in [0, 0.1) is 12.3 Å². The maximum absolute atomic E-state index is 12.3. The van der Waals surface area contributed by atoms with Crippen LogP contribution in [0.1, 0.15) is 18.4 Å². The van der Waals surface area contributed by atoms with Crippen LogP contribution >= 0.6 is 11.6 Å². The van der Waals surface area contributed by atoms with E-state index in [1.54, 1.807) is 6.07 Å². The van der Waals surface area contributed by atoms with Gasteiger partial charge in [0.1, 0.15) is 0 Å². The summed E-state index contributed by atoms with van der Waals surface area (Å²) < 4.78 is 0. The number of rotatable bonds is 1. The molecule has 0 aliphatic carbocycles. The van der Waals surface area contributed by atoms with Crippen LogP contribution in [0.2, 0.25) is 5.02 Å². The fourth-order valence-electron chi connectivity index (χ4n) is 3.13. The number of benzene rings is 1. The van der Waals surface area contributed by atoms with Crippen molar-refractivity contribution in [3.8, 4) is 0 Å². The predicted molar refractivity (Wildman–Crippen MR) is 81.3 cm³/mol. The van der Waals surface area contributed by atoms with E-state index in [-0.39, 0.29) is 6.03 Å². The van der Waals surface area contributed by atoms with Gasteiger partial charge in [-0.3, -0.25) is 0 Å². The van der Waals surface area contributed by atoms with Crippen LogP contribution in [0.3, 0.4) is 0 Å². The first kappa shape index (κ1) is 13.7. The molecule has 2 aliphatic heterocycles. The molecular formula is C15H20ClN3O. The van der Waals surface area contributed by atoms with Gasteiger partial charge >= 0.3 is 6.03 Å². The third kappa shape index (κ3) is 2.63. The normalized spacial score (nSPS) is 25.4. The summed E-state index contributed by atoms with van der Waals surface area (Å²) in [6.07, 6.45) is 2.27. The summed E-state index contributed by atoms with van der Waals surface area (Å²) in [4.78, 5) is 14.2. The molecule has 2 aliphatic rings. The summed E-state index contributed by atoms with van der Waals surface area (Å²) in [6.45, 7) is 5.75. The van der Waals surface area contributed by atoms with Crippen molar-refractivity contribution < 1.29 is 4.79 Å². The highest BCUT2D eigenvalue weighted by atomic mass is 35.5. The first-order valence-electron chi connectivity index (χ1n) is 7.11. The van der Waals surface area contributed by atoms with Crippen LogP contribution in [-0.2, 0) is 0 Å². The smallest absolute Gasteiger partial charge is 0.321 e. The van der Waals surface area contributed by atoms with Crippen molar-refractivity contribution in [2.45, 2.75) is 19.8 Å². The lowest BCUT2D eigenvalue weighted by molar-refractivity contribution is 0.215. The summed E-state index contributed by atoms with van der Waals surface area (Å²) in [5.41, 5.74) is 2.08. The summed E-state index contributed by atoms with van der Waals surface area (Å²) in [5.74, 6) is 0. The molecule has 0 aromatic heterocycles. The maximum atomic E-state index is 12.3. The van der Waals surface area contributed by atoms with Crippen molar-refractivity contribution >= 4 is 23.3 Å². The van der Waals surface area contributed by atoms with Crippen LogP contribution in [-0.4, -0.2) is 37.1 Å². The minimum atomic E-state index is -0.0197. The van der Waals surface area contributed by atoms with Gasteiger partial charge in [0.15, 0.2) is 0 Å². The van der Waals surface area contributed by atoms with E-state index in [2.05, 4.69) is 10.6 Å². The molecule has 0 radical (unpaired) electrons. The number of amides is 2. The van der Waals surface area contributed by atoms with Gasteiger partial charge in [-0.05, 0) is 44.0 Å². The van der Waals surface area contributed by atoms with Crippen LogP contribution < -0.4 is 10.6 Å². The van der Waals surface area contributed by atoms with Crippen LogP contribution in [0.25, 0.3) is 0 Å². The average Bonchev–Trinajstić information content (AvgIpc) is 3.05. The van der Waals surface area contributed by atoms with Crippen molar-refractivity contribution in [3.63, 3.8) is 0 Å². The lowest BCUT2D eigenvalue weighted by atomic mass is 9.87. The number of urea groups is 1. The van der Waals surface area contributed by atoms with Crippen molar-refractivity contribution in [2.75, 3.05) is 31.5 Å². The van der Waals surface area contributed by atoms with Gasteiger partial charge < -0.3 is 15.5 Å². The number of nitrogens with one attached hydrogen (secondary N) is 2. The first-order valence-corrected chi connectivity index (χ1v) is 7.49. The molecule has 2 heterocycles. The quantitative estimate of drug-likeness (QED) is 0.836. The second kappa shape index (κ2) is 5.26. The second-order valence-electron chi connectivity index (χ2n) is 5.99. The highest BCUT2D eigenvalue weighted by Gasteiger charge is 2.41. The van der Waals surface area contributed by atoms with Gasteiger partial charge in [0, 0.05) is 35.8 Å². The van der Waals surface area contributed by atoms with Gasteiger partial charge in [0.25, 0.3) is 0 Å². The Bertz CT molecular complexity index is 526. The molecule has 1 atom stereocenters. The van der Waals surface area contributed by atoms with Gasteiger partial charge in [-0.2, -0.15) is 0 Å². The monoisotopic (exact) mass is 293 g/mol. The fraction of sp³-hybridized carbons (Fsp3) is 0.533. The third-order valence-corrected chi connectivity index (χ3v) is 4.89. The molecule has 5 heteroatoms. The molecule has 2 fully saturated rings. The number of carbonyl (C=O) groups excluding carboxylic acids is 1. The summed E-state index contributed by atoms with van der Waals surface area (Å²) in [5, 5.41) is 7.02. The Morgan fingerprint density at radius 2 is 2.30 bits per heavy atom. The molecule has 2 N–H and O–H groups in total.